The first-order chi connectivity index (χ1) is 9.29. The lowest BCUT2D eigenvalue weighted by molar-refractivity contribution is 0.101. The van der Waals surface area contributed by atoms with Crippen LogP contribution in [-0.2, 0) is 6.42 Å². The van der Waals surface area contributed by atoms with E-state index < -0.39 is 11.6 Å². The summed E-state index contributed by atoms with van der Waals surface area (Å²) < 4.78 is 1.08. The second kappa shape index (κ2) is 5.62. The normalized spacial score (nSPS) is 11.8. The van der Waals surface area contributed by atoms with Gasteiger partial charge >= 0.3 is 6.09 Å². The summed E-state index contributed by atoms with van der Waals surface area (Å²) in [5, 5.41) is 13.2. The van der Waals surface area contributed by atoms with Crippen LogP contribution < -0.4 is 0 Å². The fourth-order valence-corrected chi connectivity index (χ4v) is 3.37. The number of benzene rings is 1. The summed E-state index contributed by atoms with van der Waals surface area (Å²) in [6.45, 7) is 6.16. The Morgan fingerprint density at radius 3 is 2.70 bits per heavy atom. The molecule has 3 nitrogen and oxygen atoms in total. The predicted molar refractivity (Wildman–Crippen MR) is 85.0 cm³/mol. The standard InChI is InChI=1S/C15H18ClNO2S/c1-15(2,3)17(14(18)19)6-4-10-8-11-5-7-20-13(11)12(16)9-10/h5,7-9H,4,6H2,1-3H3,(H,18,19). The highest BCUT2D eigenvalue weighted by Crippen LogP contribution is 2.30. The fraction of sp³-hybridized carbons (Fsp3) is 0.400. The van der Waals surface area contributed by atoms with Crippen LogP contribution in [0.4, 0.5) is 4.79 Å². The molecule has 1 N–H and O–H groups in total. The molecule has 0 spiro atoms. The minimum absolute atomic E-state index is 0.401. The molecule has 0 radical (unpaired) electrons. The van der Waals surface area contributed by atoms with Crippen LogP contribution >= 0.6 is 22.9 Å². The second-order valence-corrected chi connectivity index (χ2v) is 7.09. The van der Waals surface area contributed by atoms with Crippen molar-refractivity contribution in [3.63, 3.8) is 0 Å². The average molecular weight is 312 g/mol. The number of hydrogen-bond donors (Lipinski definition) is 1. The summed E-state index contributed by atoms with van der Waals surface area (Å²) in [6, 6.07) is 6.05. The molecular weight excluding hydrogens is 294 g/mol. The van der Waals surface area contributed by atoms with Crippen LogP contribution in [0, 0.1) is 0 Å². The maximum absolute atomic E-state index is 11.3. The predicted octanol–water partition coefficient (Wildman–Crippen LogP) is 4.88. The van der Waals surface area contributed by atoms with E-state index in [1.807, 2.05) is 38.3 Å². The van der Waals surface area contributed by atoms with Gasteiger partial charge < -0.3 is 10.0 Å². The maximum atomic E-state index is 11.3. The molecule has 20 heavy (non-hydrogen) atoms. The Kier molecular flexibility index (Phi) is 4.25. The maximum Gasteiger partial charge on any atom is 0.407 e. The first kappa shape index (κ1) is 15.1. The van der Waals surface area contributed by atoms with Crippen LogP contribution in [0.2, 0.25) is 5.02 Å². The van der Waals surface area contributed by atoms with E-state index in [1.165, 1.54) is 4.90 Å². The summed E-state index contributed by atoms with van der Waals surface area (Å²) in [4.78, 5) is 12.8. The number of halogens is 1. The zero-order valence-electron chi connectivity index (χ0n) is 11.8. The van der Waals surface area contributed by atoms with Crippen molar-refractivity contribution in [2.24, 2.45) is 0 Å². The number of hydrogen-bond acceptors (Lipinski definition) is 2. The minimum atomic E-state index is -0.889. The van der Waals surface area contributed by atoms with Crippen molar-refractivity contribution in [2.75, 3.05) is 6.54 Å². The first-order valence-electron chi connectivity index (χ1n) is 6.45. The number of carboxylic acid groups (broad SMARTS) is 1. The van der Waals surface area contributed by atoms with Gasteiger partial charge in [-0.2, -0.15) is 0 Å². The minimum Gasteiger partial charge on any atom is -0.465 e. The topological polar surface area (TPSA) is 40.5 Å². The Hall–Kier alpha value is -1.26. The third-order valence-corrected chi connectivity index (χ3v) is 4.60. The molecule has 0 aliphatic heterocycles. The molecule has 0 fully saturated rings. The Balaban J connectivity index is 2.17. The molecule has 1 aromatic heterocycles. The molecule has 1 amide bonds. The highest BCUT2D eigenvalue weighted by Gasteiger charge is 2.25. The largest absolute Gasteiger partial charge is 0.465 e. The number of carbonyl (C=O) groups is 1. The van der Waals surface area contributed by atoms with Crippen LogP contribution in [0.15, 0.2) is 23.6 Å². The summed E-state index contributed by atoms with van der Waals surface area (Å²) in [5.74, 6) is 0. The Morgan fingerprint density at radius 1 is 1.40 bits per heavy atom. The van der Waals surface area contributed by atoms with Gasteiger partial charge in [0.05, 0.1) is 9.72 Å². The van der Waals surface area contributed by atoms with Crippen molar-refractivity contribution in [1.82, 2.24) is 4.90 Å². The second-order valence-electron chi connectivity index (χ2n) is 5.77. The molecule has 1 aromatic carbocycles. The van der Waals surface area contributed by atoms with Crippen molar-refractivity contribution in [3.8, 4) is 0 Å². The highest BCUT2D eigenvalue weighted by molar-refractivity contribution is 7.17. The van der Waals surface area contributed by atoms with E-state index in [0.717, 1.165) is 20.7 Å². The highest BCUT2D eigenvalue weighted by atomic mass is 35.5. The summed E-state index contributed by atoms with van der Waals surface area (Å²) in [6.07, 6.45) is -0.227. The third kappa shape index (κ3) is 3.25. The molecule has 5 heteroatoms. The van der Waals surface area contributed by atoms with Gasteiger partial charge in [0.1, 0.15) is 0 Å². The lowest BCUT2D eigenvalue weighted by Gasteiger charge is -2.33. The number of thiophene rings is 1. The number of fused-ring (bicyclic) bond motifs is 1. The molecule has 1 heterocycles. The molecular formula is C15H18ClNO2S. The molecule has 2 rings (SSSR count). The molecule has 2 aromatic rings. The van der Waals surface area contributed by atoms with Gasteiger partial charge in [0, 0.05) is 12.1 Å². The van der Waals surface area contributed by atoms with Gasteiger partial charge in [0.15, 0.2) is 0 Å². The summed E-state index contributed by atoms with van der Waals surface area (Å²) in [5.41, 5.74) is 0.665. The molecule has 0 saturated heterocycles. The van der Waals surface area contributed by atoms with Gasteiger partial charge in [0.2, 0.25) is 0 Å². The van der Waals surface area contributed by atoms with Gasteiger partial charge in [-0.3, -0.25) is 0 Å². The average Bonchev–Trinajstić information content (AvgIpc) is 2.75. The zero-order valence-corrected chi connectivity index (χ0v) is 13.4. The molecule has 0 aliphatic rings. The van der Waals surface area contributed by atoms with E-state index in [4.69, 9.17) is 11.6 Å². The number of rotatable bonds is 3. The Bertz CT molecular complexity index is 630. The summed E-state index contributed by atoms with van der Waals surface area (Å²) in [7, 11) is 0. The van der Waals surface area contributed by atoms with Crippen LogP contribution in [0.3, 0.4) is 0 Å². The molecule has 108 valence electrons. The number of amides is 1. The van der Waals surface area contributed by atoms with Gasteiger partial charge in [-0.05, 0) is 55.7 Å². The quantitative estimate of drug-likeness (QED) is 0.878. The van der Waals surface area contributed by atoms with Gasteiger partial charge in [0.25, 0.3) is 0 Å². The van der Waals surface area contributed by atoms with Crippen molar-refractivity contribution in [2.45, 2.75) is 32.7 Å². The molecule has 0 bridgehead atoms. The molecule has 0 unspecified atom stereocenters. The third-order valence-electron chi connectivity index (χ3n) is 3.23. The van der Waals surface area contributed by atoms with Gasteiger partial charge in [-0.15, -0.1) is 11.3 Å². The van der Waals surface area contributed by atoms with Crippen molar-refractivity contribution in [3.05, 3.63) is 34.2 Å². The van der Waals surface area contributed by atoms with Crippen LogP contribution in [-0.4, -0.2) is 28.2 Å². The number of nitrogens with zero attached hydrogens (tertiary/aromatic N) is 1. The van der Waals surface area contributed by atoms with Crippen molar-refractivity contribution < 1.29 is 9.90 Å². The lowest BCUT2D eigenvalue weighted by atomic mass is 10.0. The zero-order chi connectivity index (χ0) is 14.9. The van der Waals surface area contributed by atoms with E-state index in [9.17, 15) is 9.90 Å². The SMILES string of the molecule is CC(C)(C)N(CCc1cc(Cl)c2sccc2c1)C(=O)O. The van der Waals surface area contributed by atoms with Crippen molar-refractivity contribution >= 4 is 39.1 Å². The Labute approximate surface area is 127 Å². The monoisotopic (exact) mass is 311 g/mol. The first-order valence-corrected chi connectivity index (χ1v) is 7.71. The van der Waals surface area contributed by atoms with E-state index in [-0.39, 0.29) is 0 Å². The van der Waals surface area contributed by atoms with E-state index in [1.54, 1.807) is 11.3 Å². The molecule has 0 aliphatic carbocycles. The van der Waals surface area contributed by atoms with Gasteiger partial charge in [-0.25, -0.2) is 4.79 Å². The van der Waals surface area contributed by atoms with Crippen LogP contribution in [0.5, 0.6) is 0 Å². The van der Waals surface area contributed by atoms with Crippen molar-refractivity contribution in [1.29, 1.82) is 0 Å². The Morgan fingerprint density at radius 2 is 2.10 bits per heavy atom. The van der Waals surface area contributed by atoms with Gasteiger partial charge in [-0.1, -0.05) is 17.7 Å². The summed E-state index contributed by atoms with van der Waals surface area (Å²) >= 11 is 7.87. The fourth-order valence-electron chi connectivity index (χ4n) is 2.20. The van der Waals surface area contributed by atoms with Crippen LogP contribution in [0.25, 0.3) is 10.1 Å². The van der Waals surface area contributed by atoms with Crippen LogP contribution in [0.1, 0.15) is 26.3 Å². The molecule has 0 saturated carbocycles. The van der Waals surface area contributed by atoms with E-state index >= 15 is 0 Å². The van der Waals surface area contributed by atoms with E-state index in [2.05, 4.69) is 6.07 Å². The smallest absolute Gasteiger partial charge is 0.407 e. The van der Waals surface area contributed by atoms with E-state index in [0.29, 0.717) is 13.0 Å². The lowest BCUT2D eigenvalue weighted by Crippen LogP contribution is -2.45. The molecule has 0 atom stereocenters.